The molecule has 7 heteroatoms. The smallest absolute Gasteiger partial charge is 0.225 e. The number of ketones is 1. The van der Waals surface area contributed by atoms with Crippen LogP contribution in [0.5, 0.6) is 11.5 Å². The lowest BCUT2D eigenvalue weighted by atomic mass is 9.74. The van der Waals surface area contributed by atoms with Crippen molar-refractivity contribution in [1.82, 2.24) is 5.32 Å². The van der Waals surface area contributed by atoms with Gasteiger partial charge in [-0.1, -0.05) is 6.07 Å². The van der Waals surface area contributed by atoms with E-state index in [1.807, 2.05) is 23.6 Å². The second-order valence-corrected chi connectivity index (χ2v) is 8.80. The molecular formula is C21H20BrNO4S. The fourth-order valence-corrected chi connectivity index (χ4v) is 5.42. The van der Waals surface area contributed by atoms with E-state index in [1.165, 1.54) is 4.88 Å². The predicted molar refractivity (Wildman–Crippen MR) is 111 cm³/mol. The first-order chi connectivity index (χ1) is 13.5. The molecule has 5 nitrogen and oxygen atoms in total. The highest BCUT2D eigenvalue weighted by Gasteiger charge is 2.39. The van der Waals surface area contributed by atoms with Gasteiger partial charge in [-0.25, -0.2) is 0 Å². The molecule has 0 radical (unpaired) electrons. The van der Waals surface area contributed by atoms with Crippen molar-refractivity contribution < 1.29 is 19.1 Å². The van der Waals surface area contributed by atoms with Gasteiger partial charge in [-0.2, -0.15) is 0 Å². The first-order valence-electron chi connectivity index (χ1n) is 9.02. The van der Waals surface area contributed by atoms with E-state index in [4.69, 9.17) is 9.47 Å². The van der Waals surface area contributed by atoms with Gasteiger partial charge in [0.1, 0.15) is 11.5 Å². The lowest BCUT2D eigenvalue weighted by Crippen LogP contribution is -2.38. The molecular weight excluding hydrogens is 442 g/mol. The number of benzene rings is 1. The van der Waals surface area contributed by atoms with Gasteiger partial charge < -0.3 is 14.8 Å². The fourth-order valence-electron chi connectivity index (χ4n) is 4.11. The van der Waals surface area contributed by atoms with E-state index < -0.39 is 0 Å². The van der Waals surface area contributed by atoms with Crippen molar-refractivity contribution in [2.75, 3.05) is 14.2 Å². The van der Waals surface area contributed by atoms with Gasteiger partial charge in [-0.3, -0.25) is 9.59 Å². The number of carbonyl (C=O) groups is 2. The zero-order valence-corrected chi connectivity index (χ0v) is 18.0. The normalized spacial score (nSPS) is 22.0. The van der Waals surface area contributed by atoms with Crippen molar-refractivity contribution in [3.63, 3.8) is 0 Å². The maximum absolute atomic E-state index is 13.2. The minimum atomic E-state index is -0.336. The highest BCUT2D eigenvalue weighted by Crippen LogP contribution is 2.47. The molecule has 1 amide bonds. The summed E-state index contributed by atoms with van der Waals surface area (Å²) in [5, 5.41) is 4.98. The van der Waals surface area contributed by atoms with Crippen LogP contribution in [0, 0.1) is 0 Å². The molecule has 2 aromatic rings. The van der Waals surface area contributed by atoms with Gasteiger partial charge >= 0.3 is 0 Å². The number of methoxy groups -OCH3 is 2. The highest BCUT2D eigenvalue weighted by molar-refractivity contribution is 9.10. The maximum atomic E-state index is 13.2. The third-order valence-corrected chi connectivity index (χ3v) is 7.02. The summed E-state index contributed by atoms with van der Waals surface area (Å²) in [5.41, 5.74) is 2.25. The second kappa shape index (κ2) is 7.72. The Morgan fingerprint density at radius 3 is 2.57 bits per heavy atom. The molecule has 1 aromatic carbocycles. The Balaban J connectivity index is 1.79. The SMILES string of the molecule is COc1cc([C@@H]2CC(=O)NC3=C2C(=O)C[C@@H](c2cccs2)C3)c(OC)cc1Br. The number of nitrogens with one attached hydrogen (secondary N) is 1. The van der Waals surface area contributed by atoms with E-state index in [0.29, 0.717) is 29.9 Å². The minimum absolute atomic E-state index is 0.0766. The standard InChI is InChI=1S/C21H20BrNO4S/c1-26-17-10-14(22)18(27-2)8-12(17)13-9-20(25)23-15-6-11(7-16(24)21(13)15)19-4-3-5-28-19/h3-5,8,10-11,13H,6-7,9H2,1-2H3,(H,23,25)/t11-,13-/m0/s1. The van der Waals surface area contributed by atoms with E-state index in [9.17, 15) is 9.59 Å². The van der Waals surface area contributed by atoms with Crippen LogP contribution in [-0.4, -0.2) is 25.9 Å². The molecule has 0 spiro atoms. The van der Waals surface area contributed by atoms with E-state index in [1.54, 1.807) is 25.6 Å². The summed E-state index contributed by atoms with van der Waals surface area (Å²) >= 11 is 5.12. The number of ether oxygens (including phenoxy) is 2. The van der Waals surface area contributed by atoms with Crippen LogP contribution >= 0.6 is 27.3 Å². The molecule has 0 saturated heterocycles. The van der Waals surface area contributed by atoms with Crippen LogP contribution in [0.25, 0.3) is 0 Å². The van der Waals surface area contributed by atoms with Crippen LogP contribution < -0.4 is 14.8 Å². The van der Waals surface area contributed by atoms with Crippen LogP contribution in [0.15, 0.2) is 45.4 Å². The summed E-state index contributed by atoms with van der Waals surface area (Å²) in [7, 11) is 3.18. The summed E-state index contributed by atoms with van der Waals surface area (Å²) in [5.74, 6) is 1.07. The van der Waals surface area contributed by atoms with Crippen molar-refractivity contribution >= 4 is 39.0 Å². The molecule has 0 fully saturated rings. The van der Waals surface area contributed by atoms with E-state index >= 15 is 0 Å². The summed E-state index contributed by atoms with van der Waals surface area (Å²) in [6.07, 6.45) is 1.34. The third-order valence-electron chi connectivity index (χ3n) is 5.36. The van der Waals surface area contributed by atoms with Crippen molar-refractivity contribution in [2.24, 2.45) is 0 Å². The lowest BCUT2D eigenvalue weighted by Gasteiger charge is -2.34. The van der Waals surface area contributed by atoms with E-state index in [0.717, 1.165) is 15.7 Å². The van der Waals surface area contributed by atoms with Crippen LogP contribution in [0.1, 0.15) is 41.5 Å². The van der Waals surface area contributed by atoms with Crippen LogP contribution in [0.3, 0.4) is 0 Å². The van der Waals surface area contributed by atoms with Crippen LogP contribution in [0.4, 0.5) is 0 Å². The van der Waals surface area contributed by atoms with Gasteiger partial charge in [-0.15, -0.1) is 11.3 Å². The Hall–Kier alpha value is -2.12. The molecule has 28 heavy (non-hydrogen) atoms. The first kappa shape index (κ1) is 19.2. The van der Waals surface area contributed by atoms with E-state index in [-0.39, 0.29) is 29.9 Å². The second-order valence-electron chi connectivity index (χ2n) is 6.97. The molecule has 0 unspecified atom stereocenters. The quantitative estimate of drug-likeness (QED) is 0.725. The van der Waals surface area contributed by atoms with Gasteiger partial charge in [0.15, 0.2) is 5.78 Å². The summed E-state index contributed by atoms with van der Waals surface area (Å²) in [6, 6.07) is 7.73. The molecule has 146 valence electrons. The average molecular weight is 462 g/mol. The number of Topliss-reactive ketones (excluding diaryl/α,β-unsaturated/α-hetero) is 1. The number of halogens is 1. The fraction of sp³-hybridized carbons (Fsp3) is 0.333. The first-order valence-corrected chi connectivity index (χ1v) is 10.7. The molecule has 1 aliphatic heterocycles. The number of rotatable bonds is 4. The molecule has 1 N–H and O–H groups in total. The monoisotopic (exact) mass is 461 g/mol. The molecule has 2 heterocycles. The molecule has 0 bridgehead atoms. The third kappa shape index (κ3) is 3.37. The van der Waals surface area contributed by atoms with Gasteiger partial charge in [-0.05, 0) is 45.9 Å². The Labute approximate surface area is 175 Å². The number of carbonyl (C=O) groups excluding carboxylic acids is 2. The lowest BCUT2D eigenvalue weighted by molar-refractivity contribution is -0.122. The average Bonchev–Trinajstić information content (AvgIpc) is 3.21. The summed E-state index contributed by atoms with van der Waals surface area (Å²) in [6.45, 7) is 0. The Morgan fingerprint density at radius 2 is 1.89 bits per heavy atom. The minimum Gasteiger partial charge on any atom is -0.496 e. The number of thiophene rings is 1. The highest BCUT2D eigenvalue weighted by atomic mass is 79.9. The van der Waals surface area contributed by atoms with Gasteiger partial charge in [0.05, 0.1) is 18.7 Å². The van der Waals surface area contributed by atoms with Crippen molar-refractivity contribution in [1.29, 1.82) is 0 Å². The number of allylic oxidation sites excluding steroid dienone is 2. The Morgan fingerprint density at radius 1 is 1.11 bits per heavy atom. The maximum Gasteiger partial charge on any atom is 0.225 e. The van der Waals surface area contributed by atoms with Crippen molar-refractivity contribution in [3.05, 3.63) is 55.8 Å². The van der Waals surface area contributed by atoms with Crippen LogP contribution in [0.2, 0.25) is 0 Å². The molecule has 4 rings (SSSR count). The van der Waals surface area contributed by atoms with Crippen molar-refractivity contribution in [2.45, 2.75) is 31.1 Å². The Bertz CT molecular complexity index is 967. The zero-order valence-electron chi connectivity index (χ0n) is 15.6. The topological polar surface area (TPSA) is 64.6 Å². The molecule has 2 atom stereocenters. The summed E-state index contributed by atoms with van der Waals surface area (Å²) < 4.78 is 11.8. The number of hydrogen-bond donors (Lipinski definition) is 1. The molecule has 0 saturated carbocycles. The van der Waals surface area contributed by atoms with Gasteiger partial charge in [0, 0.05) is 46.4 Å². The zero-order chi connectivity index (χ0) is 19.8. The van der Waals surface area contributed by atoms with E-state index in [2.05, 4.69) is 27.3 Å². The Kier molecular flexibility index (Phi) is 5.29. The molecule has 1 aromatic heterocycles. The predicted octanol–water partition coefficient (Wildman–Crippen LogP) is 4.53. The van der Waals surface area contributed by atoms with Gasteiger partial charge in [0.25, 0.3) is 0 Å². The van der Waals surface area contributed by atoms with Crippen molar-refractivity contribution in [3.8, 4) is 11.5 Å². The largest absolute Gasteiger partial charge is 0.496 e. The molecule has 2 aliphatic rings. The molecule has 1 aliphatic carbocycles. The van der Waals surface area contributed by atoms with Gasteiger partial charge in [0.2, 0.25) is 5.91 Å². The summed E-state index contributed by atoms with van der Waals surface area (Å²) in [4.78, 5) is 26.8. The number of hydrogen-bond acceptors (Lipinski definition) is 5. The number of amides is 1. The van der Waals surface area contributed by atoms with Crippen LogP contribution in [-0.2, 0) is 9.59 Å².